The van der Waals surface area contributed by atoms with Crippen molar-refractivity contribution in [2.24, 2.45) is 10.8 Å². The Kier molecular flexibility index (Phi) is 36.9. The summed E-state index contributed by atoms with van der Waals surface area (Å²) in [7, 11) is 0. The molecule has 2 aliphatic carbocycles. The molecule has 0 bridgehead atoms. The van der Waals surface area contributed by atoms with E-state index in [0.717, 1.165) is 51.4 Å². The second-order valence-corrected chi connectivity index (χ2v) is 24.6. The van der Waals surface area contributed by atoms with Crippen molar-refractivity contribution in [3.63, 3.8) is 0 Å². The first-order chi connectivity index (χ1) is 36.5. The van der Waals surface area contributed by atoms with Crippen molar-refractivity contribution < 1.29 is 19.1 Å². The van der Waals surface area contributed by atoms with E-state index in [0.29, 0.717) is 12.8 Å². The van der Waals surface area contributed by atoms with Crippen LogP contribution in [0, 0.1) is 10.8 Å². The van der Waals surface area contributed by atoms with Crippen molar-refractivity contribution >= 4 is 11.9 Å². The molecule has 428 valence electrons. The summed E-state index contributed by atoms with van der Waals surface area (Å²) in [5.74, 6) is -0.0504. The molecule has 0 saturated heterocycles. The zero-order valence-electron chi connectivity index (χ0n) is 51.5. The fourth-order valence-electron chi connectivity index (χ4n) is 11.3. The molecule has 2 aliphatic rings. The molecule has 76 heavy (non-hydrogen) atoms. The Labute approximate surface area is 470 Å². The summed E-state index contributed by atoms with van der Waals surface area (Å²) in [5.41, 5.74) is 9.98. The van der Waals surface area contributed by atoms with E-state index in [-0.39, 0.29) is 35.0 Å². The summed E-state index contributed by atoms with van der Waals surface area (Å²) >= 11 is 0. The quantitative estimate of drug-likeness (QED) is 0.0349. The van der Waals surface area contributed by atoms with Gasteiger partial charge in [-0.15, -0.1) is 0 Å². The smallest absolute Gasteiger partial charge is 0.306 e. The molecule has 0 amide bonds. The molecule has 4 nitrogen and oxygen atoms in total. The number of carbonyl (C=O) groups excluding carboxylic acids is 2. The van der Waals surface area contributed by atoms with Crippen LogP contribution in [0.5, 0.6) is 0 Å². The van der Waals surface area contributed by atoms with Gasteiger partial charge in [0.05, 0.1) is 0 Å². The second kappa shape index (κ2) is 41.2. The normalized spacial score (nSPS) is 19.0. The number of hydrogen-bond donors (Lipinski definition) is 0. The number of hydrogen-bond acceptors (Lipinski definition) is 4. The first-order valence-electron chi connectivity index (χ1n) is 31.3. The lowest BCUT2D eigenvalue weighted by Gasteiger charge is -2.37. The van der Waals surface area contributed by atoms with Gasteiger partial charge in [-0.1, -0.05) is 314 Å². The standard InChI is InChI=1S/C72H116O4/c1-13-15-17-19-21-23-25-27-29-31-33-35-37-49-69(73)75-65-55-63(7)67(71(9,10)57-65)53-51-61(5)47-41-45-59(3)43-39-40-44-60(4)46-42-48-62(6)52-54-68-64(8)56-66(58-72(68,11)12)76-70(74)50-38-36-34-32-30-28-26-24-22-20-18-16-14-2/h39-48,51-54,65-66H,13-38,49-50,55-58H2,1-12H3/b40-39+,45-41+,46-42+,53-51+,54-52+,59-43+,60-44+,61-47+,62-48+/t65-,66-/m1/s1. The van der Waals surface area contributed by atoms with Gasteiger partial charge in [-0.3, -0.25) is 9.59 Å². The highest BCUT2D eigenvalue weighted by Crippen LogP contribution is 2.43. The summed E-state index contributed by atoms with van der Waals surface area (Å²) in [6, 6.07) is 0. The summed E-state index contributed by atoms with van der Waals surface area (Å²) in [5, 5.41) is 0. The molecule has 0 aromatic rings. The van der Waals surface area contributed by atoms with Gasteiger partial charge in [0.15, 0.2) is 0 Å². The Hall–Kier alpha value is -3.92. The van der Waals surface area contributed by atoms with Crippen molar-refractivity contribution in [3.05, 3.63) is 130 Å². The van der Waals surface area contributed by atoms with Gasteiger partial charge in [0.1, 0.15) is 12.2 Å². The average molecular weight is 1050 g/mol. The fourth-order valence-corrected chi connectivity index (χ4v) is 11.3. The van der Waals surface area contributed by atoms with E-state index in [4.69, 9.17) is 9.47 Å². The topological polar surface area (TPSA) is 52.6 Å². The van der Waals surface area contributed by atoms with Gasteiger partial charge >= 0.3 is 11.9 Å². The molecular formula is C72H116O4. The zero-order chi connectivity index (χ0) is 55.9. The fraction of sp³-hybridized carbons (Fsp3) is 0.667. The molecule has 2 rings (SSSR count). The minimum atomic E-state index is -0.0573. The number of rotatable bonds is 40. The number of esters is 2. The molecule has 0 fully saturated rings. The highest BCUT2D eigenvalue weighted by Gasteiger charge is 2.35. The highest BCUT2D eigenvalue weighted by molar-refractivity contribution is 5.70. The van der Waals surface area contributed by atoms with Crippen LogP contribution in [0.3, 0.4) is 0 Å². The Morgan fingerprint density at radius 2 is 0.671 bits per heavy atom. The molecule has 0 aromatic heterocycles. The lowest BCUT2D eigenvalue weighted by Crippen LogP contribution is -2.31. The third-order valence-electron chi connectivity index (χ3n) is 15.8. The minimum Gasteiger partial charge on any atom is -0.462 e. The van der Waals surface area contributed by atoms with Crippen LogP contribution in [0.2, 0.25) is 0 Å². The highest BCUT2D eigenvalue weighted by atomic mass is 16.5. The van der Waals surface area contributed by atoms with Crippen LogP contribution >= 0.6 is 0 Å². The molecule has 0 aliphatic heterocycles. The van der Waals surface area contributed by atoms with Gasteiger partial charge in [0.2, 0.25) is 0 Å². The summed E-state index contributed by atoms with van der Waals surface area (Å²) < 4.78 is 12.1. The number of unbranched alkanes of at least 4 members (excludes halogenated alkanes) is 24. The van der Waals surface area contributed by atoms with E-state index in [9.17, 15) is 9.59 Å². The molecule has 0 N–H and O–H groups in total. The minimum absolute atomic E-state index is 0.0252. The van der Waals surface area contributed by atoms with E-state index in [1.807, 2.05) is 0 Å². The van der Waals surface area contributed by atoms with Crippen LogP contribution < -0.4 is 0 Å². The molecular weight excluding hydrogens is 929 g/mol. The molecule has 0 spiro atoms. The van der Waals surface area contributed by atoms with Gasteiger partial charge in [-0.25, -0.2) is 0 Å². The molecule has 0 saturated carbocycles. The average Bonchev–Trinajstić information content (AvgIpc) is 3.34. The van der Waals surface area contributed by atoms with Crippen LogP contribution in [0.25, 0.3) is 0 Å². The van der Waals surface area contributed by atoms with Crippen molar-refractivity contribution in [3.8, 4) is 0 Å². The predicted octanol–water partition coefficient (Wildman–Crippen LogP) is 22.6. The number of carbonyl (C=O) groups is 2. The molecule has 0 aromatic carbocycles. The Bertz CT molecular complexity index is 1850. The molecule has 0 unspecified atom stereocenters. The lowest BCUT2D eigenvalue weighted by atomic mass is 9.71. The molecule has 2 atom stereocenters. The lowest BCUT2D eigenvalue weighted by molar-refractivity contribution is -0.151. The first kappa shape index (κ1) is 68.2. The summed E-state index contributed by atoms with van der Waals surface area (Å²) in [6.07, 6.45) is 68.6. The van der Waals surface area contributed by atoms with E-state index in [1.54, 1.807) is 0 Å². The number of ether oxygens (including phenoxy) is 2. The van der Waals surface area contributed by atoms with Crippen LogP contribution in [-0.4, -0.2) is 24.1 Å². The summed E-state index contributed by atoms with van der Waals surface area (Å²) in [4.78, 5) is 25.6. The number of allylic oxidation sites excluding steroid dienone is 20. The van der Waals surface area contributed by atoms with Crippen molar-refractivity contribution in [1.29, 1.82) is 0 Å². The van der Waals surface area contributed by atoms with Crippen molar-refractivity contribution in [1.82, 2.24) is 0 Å². The SMILES string of the molecule is CCCCCCCCCCCCCCCC(=O)O[C@@H]1CC(C)=C(/C=C/C(C)=C/C=C/C(C)=C/C=C/C=C(C)/C=C/C=C(C)/C=C/C2=C(C)C[C@@H](OC(=O)CCCCCCCCCCCCCCC)CC2(C)C)C(C)(C)C1. The van der Waals surface area contributed by atoms with Gasteiger partial charge < -0.3 is 9.47 Å². The van der Waals surface area contributed by atoms with Crippen molar-refractivity contribution in [2.45, 2.75) is 301 Å². The van der Waals surface area contributed by atoms with Gasteiger partial charge in [0, 0.05) is 25.7 Å². The van der Waals surface area contributed by atoms with Crippen LogP contribution in [0.15, 0.2) is 130 Å². The second-order valence-electron chi connectivity index (χ2n) is 24.6. The van der Waals surface area contributed by atoms with E-state index in [2.05, 4.69) is 168 Å². The molecule has 4 heteroatoms. The Morgan fingerprint density at radius 3 is 0.961 bits per heavy atom. The Balaban J connectivity index is 1.73. The van der Waals surface area contributed by atoms with Gasteiger partial charge in [-0.2, -0.15) is 0 Å². The first-order valence-corrected chi connectivity index (χ1v) is 31.3. The van der Waals surface area contributed by atoms with E-state index >= 15 is 0 Å². The monoisotopic (exact) mass is 1040 g/mol. The van der Waals surface area contributed by atoms with Gasteiger partial charge in [0.25, 0.3) is 0 Å². The zero-order valence-corrected chi connectivity index (χ0v) is 51.5. The van der Waals surface area contributed by atoms with Gasteiger partial charge in [-0.05, 0) is 89.2 Å². The largest absolute Gasteiger partial charge is 0.462 e. The third kappa shape index (κ3) is 32.7. The maximum atomic E-state index is 12.8. The van der Waals surface area contributed by atoms with Crippen LogP contribution in [0.4, 0.5) is 0 Å². The van der Waals surface area contributed by atoms with Crippen LogP contribution in [-0.2, 0) is 19.1 Å². The molecule has 0 radical (unpaired) electrons. The maximum Gasteiger partial charge on any atom is 0.306 e. The maximum absolute atomic E-state index is 12.8. The van der Waals surface area contributed by atoms with E-state index in [1.165, 1.54) is 186 Å². The predicted molar refractivity (Wildman–Crippen MR) is 333 cm³/mol. The van der Waals surface area contributed by atoms with Crippen molar-refractivity contribution in [2.75, 3.05) is 0 Å². The summed E-state index contributed by atoms with van der Waals surface area (Å²) in [6.45, 7) is 26.6. The molecule has 0 heterocycles. The van der Waals surface area contributed by atoms with Crippen LogP contribution in [0.1, 0.15) is 289 Å². The third-order valence-corrected chi connectivity index (χ3v) is 15.8. The van der Waals surface area contributed by atoms with E-state index < -0.39 is 0 Å². The Morgan fingerprint density at radius 1 is 0.408 bits per heavy atom.